The van der Waals surface area contributed by atoms with Crippen LogP contribution in [-0.2, 0) is 11.3 Å². The van der Waals surface area contributed by atoms with Crippen LogP contribution in [0.2, 0.25) is 0 Å². The first-order valence-electron chi connectivity index (χ1n) is 6.08. The third-order valence-corrected chi connectivity index (χ3v) is 2.79. The molecule has 0 radical (unpaired) electrons. The Balaban J connectivity index is 2.09. The summed E-state index contributed by atoms with van der Waals surface area (Å²) < 4.78 is 18.5. The second kappa shape index (κ2) is 6.04. The van der Waals surface area contributed by atoms with E-state index in [0.717, 1.165) is 6.07 Å². The van der Waals surface area contributed by atoms with Crippen LogP contribution < -0.4 is 11.5 Å². The van der Waals surface area contributed by atoms with Crippen LogP contribution in [0.5, 0.6) is 0 Å². The van der Waals surface area contributed by atoms with Crippen LogP contribution in [0.3, 0.4) is 0 Å². The van der Waals surface area contributed by atoms with Crippen molar-refractivity contribution in [3.63, 3.8) is 0 Å². The van der Waals surface area contributed by atoms with Gasteiger partial charge in [-0.3, -0.25) is 4.79 Å². The van der Waals surface area contributed by atoms with Gasteiger partial charge < -0.3 is 16.2 Å². The van der Waals surface area contributed by atoms with Crippen molar-refractivity contribution < 1.29 is 18.7 Å². The molecule has 0 spiro atoms. The summed E-state index contributed by atoms with van der Waals surface area (Å²) in [5, 5.41) is 0. The Morgan fingerprint density at radius 2 is 1.90 bits per heavy atom. The average molecular weight is 288 g/mol. The van der Waals surface area contributed by atoms with E-state index in [0.29, 0.717) is 11.1 Å². The second-order valence-electron chi connectivity index (χ2n) is 4.38. The van der Waals surface area contributed by atoms with Gasteiger partial charge in [0.05, 0.1) is 5.56 Å². The van der Waals surface area contributed by atoms with Crippen molar-refractivity contribution in [3.05, 3.63) is 65.0 Å². The molecule has 0 bridgehead atoms. The van der Waals surface area contributed by atoms with Gasteiger partial charge in [0.25, 0.3) is 0 Å². The van der Waals surface area contributed by atoms with E-state index in [1.165, 1.54) is 18.2 Å². The van der Waals surface area contributed by atoms with Gasteiger partial charge in [0.1, 0.15) is 12.4 Å². The molecule has 0 fully saturated rings. The highest BCUT2D eigenvalue weighted by Crippen LogP contribution is 2.14. The van der Waals surface area contributed by atoms with Gasteiger partial charge in [0.15, 0.2) is 0 Å². The summed E-state index contributed by atoms with van der Waals surface area (Å²) in [5.41, 5.74) is 11.6. The zero-order valence-electron chi connectivity index (χ0n) is 11.0. The molecular formula is C15H13FN2O3. The summed E-state index contributed by atoms with van der Waals surface area (Å²) in [4.78, 5) is 22.8. The van der Waals surface area contributed by atoms with Crippen LogP contribution in [0.15, 0.2) is 42.5 Å². The molecular weight excluding hydrogens is 275 g/mol. The predicted molar refractivity (Wildman–Crippen MR) is 74.9 cm³/mol. The number of nitrogen functional groups attached to an aromatic ring is 1. The van der Waals surface area contributed by atoms with Gasteiger partial charge >= 0.3 is 5.97 Å². The third-order valence-electron chi connectivity index (χ3n) is 2.79. The molecule has 0 saturated heterocycles. The molecule has 6 heteroatoms. The summed E-state index contributed by atoms with van der Waals surface area (Å²) in [6, 6.07) is 9.98. The third kappa shape index (κ3) is 3.56. The fraction of sp³-hybridized carbons (Fsp3) is 0.0667. The first-order chi connectivity index (χ1) is 9.97. The minimum Gasteiger partial charge on any atom is -0.457 e. The number of hydrogen-bond donors (Lipinski definition) is 2. The van der Waals surface area contributed by atoms with E-state index < -0.39 is 17.7 Å². The van der Waals surface area contributed by atoms with E-state index in [-0.39, 0.29) is 17.9 Å². The fourth-order valence-corrected chi connectivity index (χ4v) is 1.74. The van der Waals surface area contributed by atoms with E-state index in [2.05, 4.69) is 0 Å². The van der Waals surface area contributed by atoms with Gasteiger partial charge in [-0.05, 0) is 35.9 Å². The Morgan fingerprint density at radius 1 is 1.14 bits per heavy atom. The predicted octanol–water partition coefficient (Wildman–Crippen LogP) is 1.86. The summed E-state index contributed by atoms with van der Waals surface area (Å²) >= 11 is 0. The SMILES string of the molecule is NC(=O)c1cccc(COC(=O)c2cc(N)ccc2F)c1. The minimum atomic E-state index is -0.829. The lowest BCUT2D eigenvalue weighted by Crippen LogP contribution is -2.12. The summed E-state index contributed by atoms with van der Waals surface area (Å²) in [7, 11) is 0. The lowest BCUT2D eigenvalue weighted by Gasteiger charge is -2.07. The topological polar surface area (TPSA) is 95.4 Å². The van der Waals surface area contributed by atoms with Crippen LogP contribution in [0.4, 0.5) is 10.1 Å². The maximum atomic E-state index is 13.5. The van der Waals surface area contributed by atoms with E-state index in [9.17, 15) is 14.0 Å². The second-order valence-corrected chi connectivity index (χ2v) is 4.38. The van der Waals surface area contributed by atoms with Gasteiger partial charge in [-0.15, -0.1) is 0 Å². The Morgan fingerprint density at radius 3 is 2.62 bits per heavy atom. The summed E-state index contributed by atoms with van der Waals surface area (Å²) in [5.74, 6) is -2.12. The number of rotatable bonds is 4. The molecule has 0 heterocycles. The molecule has 2 aromatic carbocycles. The van der Waals surface area contributed by atoms with Gasteiger partial charge in [-0.2, -0.15) is 0 Å². The van der Waals surface area contributed by atoms with Crippen LogP contribution in [-0.4, -0.2) is 11.9 Å². The van der Waals surface area contributed by atoms with E-state index >= 15 is 0 Å². The van der Waals surface area contributed by atoms with Crippen LogP contribution in [0.1, 0.15) is 26.3 Å². The maximum absolute atomic E-state index is 13.5. The highest BCUT2D eigenvalue weighted by molar-refractivity contribution is 5.93. The van der Waals surface area contributed by atoms with Crippen molar-refractivity contribution in [3.8, 4) is 0 Å². The molecule has 2 rings (SSSR count). The maximum Gasteiger partial charge on any atom is 0.341 e. The van der Waals surface area contributed by atoms with Crippen molar-refractivity contribution in [2.45, 2.75) is 6.61 Å². The summed E-state index contributed by atoms with van der Waals surface area (Å²) in [6.45, 7) is -0.103. The monoisotopic (exact) mass is 288 g/mol. The molecule has 108 valence electrons. The largest absolute Gasteiger partial charge is 0.457 e. The van der Waals surface area contributed by atoms with E-state index in [1.807, 2.05) is 0 Å². The fourth-order valence-electron chi connectivity index (χ4n) is 1.74. The molecule has 21 heavy (non-hydrogen) atoms. The number of ether oxygens (including phenoxy) is 1. The zero-order valence-corrected chi connectivity index (χ0v) is 11.0. The Kier molecular flexibility index (Phi) is 4.18. The molecule has 0 unspecified atom stereocenters. The first-order valence-corrected chi connectivity index (χ1v) is 6.08. The molecule has 0 aliphatic rings. The number of primary amides is 1. The van der Waals surface area contributed by atoms with Crippen molar-refractivity contribution in [2.75, 3.05) is 5.73 Å². The quantitative estimate of drug-likeness (QED) is 0.663. The minimum absolute atomic E-state index is 0.103. The van der Waals surface area contributed by atoms with Gasteiger partial charge in [0, 0.05) is 11.3 Å². The first kappa shape index (κ1) is 14.5. The van der Waals surface area contributed by atoms with Crippen LogP contribution in [0, 0.1) is 5.82 Å². The van der Waals surface area contributed by atoms with E-state index in [4.69, 9.17) is 16.2 Å². The van der Waals surface area contributed by atoms with Crippen molar-refractivity contribution in [1.82, 2.24) is 0 Å². The number of benzene rings is 2. The normalized spacial score (nSPS) is 10.1. The lowest BCUT2D eigenvalue weighted by atomic mass is 10.1. The molecule has 0 atom stereocenters. The smallest absolute Gasteiger partial charge is 0.341 e. The number of carbonyl (C=O) groups excluding carboxylic acids is 2. The standard InChI is InChI=1S/C15H13FN2O3/c16-13-5-4-11(17)7-12(13)15(20)21-8-9-2-1-3-10(6-9)14(18)19/h1-7H,8,17H2,(H2,18,19). The molecule has 0 saturated carbocycles. The number of amides is 1. The van der Waals surface area contributed by atoms with Crippen molar-refractivity contribution in [2.24, 2.45) is 5.73 Å². The molecule has 0 aliphatic heterocycles. The number of esters is 1. The highest BCUT2D eigenvalue weighted by Gasteiger charge is 2.14. The Labute approximate surface area is 120 Å². The number of carbonyl (C=O) groups is 2. The van der Waals surface area contributed by atoms with E-state index in [1.54, 1.807) is 18.2 Å². The number of nitrogens with two attached hydrogens (primary N) is 2. The molecule has 0 aliphatic carbocycles. The lowest BCUT2D eigenvalue weighted by molar-refractivity contribution is 0.0467. The molecule has 4 N–H and O–H groups in total. The average Bonchev–Trinajstić information content (AvgIpc) is 2.47. The Bertz CT molecular complexity index is 701. The summed E-state index contributed by atoms with van der Waals surface area (Å²) in [6.07, 6.45) is 0. The van der Waals surface area contributed by atoms with Crippen molar-refractivity contribution in [1.29, 1.82) is 0 Å². The zero-order chi connectivity index (χ0) is 15.4. The number of hydrogen-bond acceptors (Lipinski definition) is 4. The Hall–Kier alpha value is -2.89. The van der Waals surface area contributed by atoms with Gasteiger partial charge in [-0.25, -0.2) is 9.18 Å². The molecule has 1 amide bonds. The van der Waals surface area contributed by atoms with Gasteiger partial charge in [-0.1, -0.05) is 12.1 Å². The molecule has 5 nitrogen and oxygen atoms in total. The van der Waals surface area contributed by atoms with Crippen LogP contribution >= 0.6 is 0 Å². The highest BCUT2D eigenvalue weighted by atomic mass is 19.1. The number of anilines is 1. The number of halogens is 1. The van der Waals surface area contributed by atoms with Gasteiger partial charge in [0.2, 0.25) is 5.91 Å². The van der Waals surface area contributed by atoms with Crippen molar-refractivity contribution >= 4 is 17.6 Å². The molecule has 0 aromatic heterocycles. The molecule has 2 aromatic rings. The van der Waals surface area contributed by atoms with Crippen LogP contribution in [0.25, 0.3) is 0 Å².